The van der Waals surface area contributed by atoms with Gasteiger partial charge in [0.2, 0.25) is 0 Å². The van der Waals surface area contributed by atoms with Crippen LogP contribution in [0.25, 0.3) is 0 Å². The molecule has 1 fully saturated rings. The molecule has 19 heavy (non-hydrogen) atoms. The number of nitrogens with zero attached hydrogens (tertiary/aromatic N) is 1. The molecule has 0 heterocycles. The second-order valence-corrected chi connectivity index (χ2v) is 4.48. The van der Waals surface area contributed by atoms with Crippen LogP contribution >= 0.6 is 0 Å². The zero-order valence-electron chi connectivity index (χ0n) is 11.0. The molecular weight excluding hydrogens is 246 g/mol. The molecule has 0 aromatic heterocycles. The first kappa shape index (κ1) is 13.7. The van der Waals surface area contributed by atoms with Crippen molar-refractivity contribution in [2.24, 2.45) is 0 Å². The summed E-state index contributed by atoms with van der Waals surface area (Å²) in [5.74, 6) is 1.07. The van der Waals surface area contributed by atoms with Crippen molar-refractivity contribution in [3.8, 4) is 11.5 Å². The van der Waals surface area contributed by atoms with Crippen molar-refractivity contribution in [3.63, 3.8) is 0 Å². The lowest BCUT2D eigenvalue weighted by Crippen LogP contribution is -2.38. The number of aliphatic hydroxyl groups excluding tert-OH is 1. The molecular formula is C14H19NO4. The summed E-state index contributed by atoms with van der Waals surface area (Å²) in [6.07, 6.45) is 2.03. The number of carbonyl (C=O) groups is 1. The Morgan fingerprint density at radius 2 is 2.05 bits per heavy atom. The van der Waals surface area contributed by atoms with Gasteiger partial charge in [-0.25, -0.2) is 0 Å². The monoisotopic (exact) mass is 265 g/mol. The Morgan fingerprint density at radius 3 is 2.63 bits per heavy atom. The molecule has 1 aliphatic rings. The normalized spacial score (nSPS) is 14.0. The number of carbonyl (C=O) groups excluding carboxylic acids is 1. The fraction of sp³-hybridized carbons (Fsp3) is 0.500. The Balaban J connectivity index is 1.91. The van der Waals surface area contributed by atoms with Gasteiger partial charge in [0.1, 0.15) is 0 Å². The zero-order valence-corrected chi connectivity index (χ0v) is 11.0. The van der Waals surface area contributed by atoms with Gasteiger partial charge in [-0.1, -0.05) is 12.1 Å². The minimum absolute atomic E-state index is 0.0170. The molecule has 0 aliphatic heterocycles. The van der Waals surface area contributed by atoms with Crippen LogP contribution in [0.4, 0.5) is 0 Å². The average molecular weight is 265 g/mol. The first-order valence-corrected chi connectivity index (χ1v) is 6.42. The van der Waals surface area contributed by atoms with Gasteiger partial charge in [0.05, 0.1) is 13.7 Å². The van der Waals surface area contributed by atoms with Gasteiger partial charge in [-0.2, -0.15) is 0 Å². The molecule has 0 atom stereocenters. The third kappa shape index (κ3) is 3.61. The summed E-state index contributed by atoms with van der Waals surface area (Å²) in [6.45, 7) is 0.326. The highest BCUT2D eigenvalue weighted by molar-refractivity contribution is 5.78. The predicted octanol–water partition coefficient (Wildman–Crippen LogP) is 1.06. The molecule has 1 aliphatic carbocycles. The Labute approximate surface area is 112 Å². The molecule has 0 radical (unpaired) electrons. The maximum Gasteiger partial charge on any atom is 0.260 e. The Kier molecular flexibility index (Phi) is 4.63. The number of benzene rings is 1. The molecule has 0 unspecified atom stereocenters. The van der Waals surface area contributed by atoms with Crippen LogP contribution in [0.3, 0.4) is 0 Å². The molecule has 2 rings (SSSR count). The van der Waals surface area contributed by atoms with Crippen molar-refractivity contribution in [2.75, 3.05) is 26.9 Å². The molecule has 1 N–H and O–H groups in total. The summed E-state index contributed by atoms with van der Waals surface area (Å²) in [4.78, 5) is 13.7. The highest BCUT2D eigenvalue weighted by Crippen LogP contribution is 2.28. The van der Waals surface area contributed by atoms with Crippen molar-refractivity contribution in [3.05, 3.63) is 24.3 Å². The number of hydrogen-bond donors (Lipinski definition) is 1. The van der Waals surface area contributed by atoms with Crippen molar-refractivity contribution >= 4 is 5.91 Å². The lowest BCUT2D eigenvalue weighted by molar-refractivity contribution is -0.134. The van der Waals surface area contributed by atoms with Gasteiger partial charge in [0.25, 0.3) is 5.91 Å². The standard InChI is InChI=1S/C14H19NO4/c1-18-12-4-2-3-5-13(12)19-10-14(17)15(8-9-16)11-6-7-11/h2-5,11,16H,6-10H2,1H3. The van der Waals surface area contributed by atoms with Crippen LogP contribution in [-0.2, 0) is 4.79 Å². The lowest BCUT2D eigenvalue weighted by Gasteiger charge is -2.21. The molecule has 1 aromatic rings. The van der Waals surface area contributed by atoms with Crippen LogP contribution in [0.15, 0.2) is 24.3 Å². The lowest BCUT2D eigenvalue weighted by atomic mass is 10.3. The molecule has 5 nitrogen and oxygen atoms in total. The van der Waals surface area contributed by atoms with E-state index < -0.39 is 0 Å². The van der Waals surface area contributed by atoms with Gasteiger partial charge in [-0.05, 0) is 25.0 Å². The van der Waals surface area contributed by atoms with E-state index in [9.17, 15) is 4.79 Å². The van der Waals surface area contributed by atoms with E-state index in [2.05, 4.69) is 0 Å². The summed E-state index contributed by atoms with van der Waals surface area (Å²) in [7, 11) is 1.56. The van der Waals surface area contributed by atoms with Crippen LogP contribution in [0, 0.1) is 0 Å². The number of ether oxygens (including phenoxy) is 2. The second-order valence-electron chi connectivity index (χ2n) is 4.48. The minimum atomic E-state index is -0.0949. The van der Waals surface area contributed by atoms with E-state index in [1.54, 1.807) is 24.1 Å². The van der Waals surface area contributed by atoms with E-state index >= 15 is 0 Å². The van der Waals surface area contributed by atoms with Crippen LogP contribution in [0.1, 0.15) is 12.8 Å². The molecule has 0 spiro atoms. The summed E-state index contributed by atoms with van der Waals surface area (Å²) >= 11 is 0. The third-order valence-corrected chi connectivity index (χ3v) is 3.07. The zero-order chi connectivity index (χ0) is 13.7. The van der Waals surface area contributed by atoms with Crippen molar-refractivity contribution in [1.29, 1.82) is 0 Å². The van der Waals surface area contributed by atoms with E-state index in [4.69, 9.17) is 14.6 Å². The van der Waals surface area contributed by atoms with Gasteiger partial charge in [-0.3, -0.25) is 4.79 Å². The van der Waals surface area contributed by atoms with Crippen LogP contribution in [0.2, 0.25) is 0 Å². The van der Waals surface area contributed by atoms with Gasteiger partial charge < -0.3 is 19.5 Å². The molecule has 5 heteroatoms. The van der Waals surface area contributed by atoms with Crippen LogP contribution in [-0.4, -0.2) is 48.8 Å². The fourth-order valence-electron chi connectivity index (χ4n) is 1.97. The Hall–Kier alpha value is -1.75. The number of para-hydroxylation sites is 2. The smallest absolute Gasteiger partial charge is 0.260 e. The molecule has 1 aromatic carbocycles. The van der Waals surface area contributed by atoms with Gasteiger partial charge in [0, 0.05) is 12.6 Å². The van der Waals surface area contributed by atoms with Gasteiger partial charge in [0.15, 0.2) is 18.1 Å². The van der Waals surface area contributed by atoms with E-state index in [1.807, 2.05) is 12.1 Å². The topological polar surface area (TPSA) is 59.0 Å². The SMILES string of the molecule is COc1ccccc1OCC(=O)N(CCO)C1CC1. The van der Waals surface area contributed by atoms with Gasteiger partial charge >= 0.3 is 0 Å². The maximum absolute atomic E-state index is 12.0. The van der Waals surface area contributed by atoms with E-state index in [-0.39, 0.29) is 25.2 Å². The number of methoxy groups -OCH3 is 1. The van der Waals surface area contributed by atoms with Crippen molar-refractivity contribution in [2.45, 2.75) is 18.9 Å². The minimum Gasteiger partial charge on any atom is -0.493 e. The predicted molar refractivity (Wildman–Crippen MR) is 70.3 cm³/mol. The molecule has 0 bridgehead atoms. The number of aliphatic hydroxyl groups is 1. The van der Waals surface area contributed by atoms with Crippen molar-refractivity contribution in [1.82, 2.24) is 4.90 Å². The Bertz CT molecular complexity index is 431. The van der Waals surface area contributed by atoms with Crippen LogP contribution in [0.5, 0.6) is 11.5 Å². The summed E-state index contributed by atoms with van der Waals surface area (Å²) < 4.78 is 10.7. The first-order valence-electron chi connectivity index (χ1n) is 6.42. The Morgan fingerprint density at radius 1 is 1.37 bits per heavy atom. The largest absolute Gasteiger partial charge is 0.493 e. The van der Waals surface area contributed by atoms with Crippen LogP contribution < -0.4 is 9.47 Å². The average Bonchev–Trinajstić information content (AvgIpc) is 3.27. The van der Waals surface area contributed by atoms with Crippen molar-refractivity contribution < 1.29 is 19.4 Å². The van der Waals surface area contributed by atoms with E-state index in [0.717, 1.165) is 12.8 Å². The maximum atomic E-state index is 12.0. The molecule has 0 saturated heterocycles. The molecule has 104 valence electrons. The summed E-state index contributed by atoms with van der Waals surface area (Å²) in [5.41, 5.74) is 0. The number of rotatable bonds is 7. The summed E-state index contributed by atoms with van der Waals surface area (Å²) in [6, 6.07) is 7.50. The fourth-order valence-corrected chi connectivity index (χ4v) is 1.97. The highest BCUT2D eigenvalue weighted by atomic mass is 16.5. The molecule has 1 amide bonds. The first-order chi connectivity index (χ1) is 9.26. The quantitative estimate of drug-likeness (QED) is 0.801. The number of hydrogen-bond acceptors (Lipinski definition) is 4. The second kappa shape index (κ2) is 6.43. The third-order valence-electron chi connectivity index (χ3n) is 3.07. The van der Waals surface area contributed by atoms with E-state index in [0.29, 0.717) is 18.0 Å². The molecule has 1 saturated carbocycles. The highest BCUT2D eigenvalue weighted by Gasteiger charge is 2.32. The van der Waals surface area contributed by atoms with E-state index in [1.165, 1.54) is 0 Å². The summed E-state index contributed by atoms with van der Waals surface area (Å²) in [5, 5.41) is 8.97. The number of amides is 1. The van der Waals surface area contributed by atoms with Gasteiger partial charge in [-0.15, -0.1) is 0 Å².